The first-order valence-electron chi connectivity index (χ1n) is 9.51. The highest BCUT2D eigenvalue weighted by Gasteiger charge is 2.23. The zero-order chi connectivity index (χ0) is 21.0. The van der Waals surface area contributed by atoms with Crippen molar-refractivity contribution in [3.63, 3.8) is 0 Å². The van der Waals surface area contributed by atoms with Gasteiger partial charge < -0.3 is 5.32 Å². The highest BCUT2D eigenvalue weighted by atomic mass is 16.2. The van der Waals surface area contributed by atoms with E-state index in [1.807, 2.05) is 64.2 Å². The zero-order valence-corrected chi connectivity index (χ0v) is 17.0. The molecule has 3 rings (SSSR count). The fraction of sp³-hybridized carbons (Fsp3) is 0.318. The minimum Gasteiger partial charge on any atom is -0.350 e. The van der Waals surface area contributed by atoms with Gasteiger partial charge in [0, 0.05) is 35.3 Å². The van der Waals surface area contributed by atoms with E-state index < -0.39 is 0 Å². The lowest BCUT2D eigenvalue weighted by molar-refractivity contribution is -0.126. The van der Waals surface area contributed by atoms with E-state index in [1.165, 1.54) is 6.20 Å². The molecular weight excluding hydrogens is 364 g/mol. The molecule has 1 N–H and O–H groups in total. The van der Waals surface area contributed by atoms with Crippen LogP contribution in [0.3, 0.4) is 0 Å². The Kier molecular flexibility index (Phi) is 5.74. The van der Waals surface area contributed by atoms with Crippen LogP contribution in [0.1, 0.15) is 45.9 Å². The van der Waals surface area contributed by atoms with Crippen LogP contribution in [-0.2, 0) is 4.79 Å². The van der Waals surface area contributed by atoms with Crippen molar-refractivity contribution in [3.05, 3.63) is 54.6 Å². The molecule has 148 valence electrons. The Bertz CT molecular complexity index is 1060. The summed E-state index contributed by atoms with van der Waals surface area (Å²) in [7, 11) is 0. The Hall–Kier alpha value is -3.53. The fourth-order valence-electron chi connectivity index (χ4n) is 3.07. The highest BCUT2D eigenvalue weighted by molar-refractivity contribution is 5.81. The van der Waals surface area contributed by atoms with Gasteiger partial charge in [-0.1, -0.05) is 25.1 Å². The van der Waals surface area contributed by atoms with Crippen LogP contribution in [-0.4, -0.2) is 31.2 Å². The third-order valence-corrected chi connectivity index (χ3v) is 4.35. The number of nitrogens with one attached hydrogen (secondary N) is 1. The number of hydrogen-bond acceptors (Lipinski definition) is 5. The van der Waals surface area contributed by atoms with E-state index in [4.69, 9.17) is 0 Å². The second-order valence-corrected chi connectivity index (χ2v) is 7.79. The average molecular weight is 388 g/mol. The molecule has 0 saturated carbocycles. The first-order valence-corrected chi connectivity index (χ1v) is 9.51. The third-order valence-electron chi connectivity index (χ3n) is 4.35. The number of benzene rings is 1. The average Bonchev–Trinajstić information content (AvgIpc) is 3.17. The van der Waals surface area contributed by atoms with Crippen LogP contribution in [0.2, 0.25) is 0 Å². The quantitative estimate of drug-likeness (QED) is 0.718. The first-order chi connectivity index (χ1) is 13.8. The van der Waals surface area contributed by atoms with Gasteiger partial charge >= 0.3 is 0 Å². The van der Waals surface area contributed by atoms with Gasteiger partial charge in [0.15, 0.2) is 5.69 Å². The van der Waals surface area contributed by atoms with E-state index in [-0.39, 0.29) is 23.2 Å². The summed E-state index contributed by atoms with van der Waals surface area (Å²) >= 11 is 0. The van der Waals surface area contributed by atoms with E-state index in [0.29, 0.717) is 12.1 Å². The van der Waals surface area contributed by atoms with Crippen molar-refractivity contribution in [2.75, 3.05) is 0 Å². The number of carbonyl (C=O) groups excluding carboxylic acids is 1. The molecule has 0 spiro atoms. The Morgan fingerprint density at radius 3 is 2.62 bits per heavy atom. The summed E-state index contributed by atoms with van der Waals surface area (Å²) in [4.78, 5) is 21.0. The maximum Gasteiger partial charge on any atom is 0.245 e. The van der Waals surface area contributed by atoms with Crippen LogP contribution in [0.4, 0.5) is 0 Å². The van der Waals surface area contributed by atoms with Crippen molar-refractivity contribution in [2.45, 2.75) is 45.7 Å². The van der Waals surface area contributed by atoms with Gasteiger partial charge in [0.05, 0.1) is 5.69 Å². The number of nitriles is 1. The predicted molar refractivity (Wildman–Crippen MR) is 111 cm³/mol. The molecule has 0 aliphatic rings. The van der Waals surface area contributed by atoms with Crippen molar-refractivity contribution in [3.8, 4) is 28.6 Å². The summed E-state index contributed by atoms with van der Waals surface area (Å²) in [6.07, 6.45) is 5.52. The van der Waals surface area contributed by atoms with E-state index in [2.05, 4.69) is 26.5 Å². The Balaban J connectivity index is 1.91. The summed E-state index contributed by atoms with van der Waals surface area (Å²) in [5, 5.41) is 16.9. The number of amides is 1. The van der Waals surface area contributed by atoms with Gasteiger partial charge in [-0.2, -0.15) is 10.4 Å². The molecule has 0 saturated heterocycles. The van der Waals surface area contributed by atoms with Gasteiger partial charge in [0.2, 0.25) is 5.91 Å². The first kappa shape index (κ1) is 20.2. The summed E-state index contributed by atoms with van der Waals surface area (Å²) in [5.74, 6) is -0.0541. The normalized spacial score (nSPS) is 12.2. The molecule has 1 unspecified atom stereocenters. The number of hydrogen-bond donors (Lipinski definition) is 1. The van der Waals surface area contributed by atoms with Crippen LogP contribution in [0.5, 0.6) is 0 Å². The van der Waals surface area contributed by atoms with Gasteiger partial charge in [-0.05, 0) is 39.3 Å². The molecule has 0 aliphatic heterocycles. The van der Waals surface area contributed by atoms with Crippen molar-refractivity contribution in [2.24, 2.45) is 0 Å². The molecule has 0 aliphatic carbocycles. The molecule has 0 radical (unpaired) electrons. The van der Waals surface area contributed by atoms with E-state index in [9.17, 15) is 10.1 Å². The van der Waals surface area contributed by atoms with Crippen molar-refractivity contribution < 1.29 is 4.79 Å². The van der Waals surface area contributed by atoms with Crippen molar-refractivity contribution >= 4 is 5.91 Å². The SMILES string of the molecule is CCC(C(=O)NC(C)(C)C)n1ccc(-c2cccc(-c3nccnc3C#N)c2)n1. The van der Waals surface area contributed by atoms with Crippen molar-refractivity contribution in [1.82, 2.24) is 25.1 Å². The zero-order valence-electron chi connectivity index (χ0n) is 17.0. The molecule has 2 heterocycles. The maximum absolute atomic E-state index is 12.6. The van der Waals surface area contributed by atoms with Crippen LogP contribution in [0, 0.1) is 11.3 Å². The topological polar surface area (TPSA) is 96.5 Å². The molecule has 3 aromatic rings. The van der Waals surface area contributed by atoms with Crippen molar-refractivity contribution in [1.29, 1.82) is 5.26 Å². The molecule has 0 fully saturated rings. The lowest BCUT2D eigenvalue weighted by Gasteiger charge is -2.24. The van der Waals surface area contributed by atoms with Gasteiger partial charge in [0.25, 0.3) is 0 Å². The second kappa shape index (κ2) is 8.23. The molecule has 1 aromatic carbocycles. The highest BCUT2D eigenvalue weighted by Crippen LogP contribution is 2.26. The molecule has 1 atom stereocenters. The number of carbonyl (C=O) groups is 1. The van der Waals surface area contributed by atoms with Crippen LogP contribution in [0.25, 0.3) is 22.5 Å². The molecule has 7 heteroatoms. The lowest BCUT2D eigenvalue weighted by atomic mass is 10.0. The molecule has 7 nitrogen and oxygen atoms in total. The predicted octanol–water partition coefficient (Wildman–Crippen LogP) is 3.74. The summed E-state index contributed by atoms with van der Waals surface area (Å²) in [6.45, 7) is 7.84. The van der Waals surface area contributed by atoms with Gasteiger partial charge in [0.1, 0.15) is 17.8 Å². The molecule has 2 aromatic heterocycles. The molecule has 0 bridgehead atoms. The van der Waals surface area contributed by atoms with Gasteiger partial charge in [-0.15, -0.1) is 0 Å². The molecule has 29 heavy (non-hydrogen) atoms. The van der Waals surface area contributed by atoms with E-state index in [1.54, 1.807) is 10.9 Å². The lowest BCUT2D eigenvalue weighted by Crippen LogP contribution is -2.44. The summed E-state index contributed by atoms with van der Waals surface area (Å²) in [6, 6.07) is 11.2. The van der Waals surface area contributed by atoms with E-state index in [0.717, 1.165) is 16.8 Å². The second-order valence-electron chi connectivity index (χ2n) is 7.79. The monoisotopic (exact) mass is 388 g/mol. The molecular formula is C22H24N6O. The van der Waals surface area contributed by atoms with E-state index >= 15 is 0 Å². The largest absolute Gasteiger partial charge is 0.350 e. The smallest absolute Gasteiger partial charge is 0.245 e. The maximum atomic E-state index is 12.6. The van der Waals surface area contributed by atoms with Crippen LogP contribution >= 0.6 is 0 Å². The Morgan fingerprint density at radius 2 is 1.93 bits per heavy atom. The minimum absolute atomic E-state index is 0.0541. The molecule has 1 amide bonds. The van der Waals surface area contributed by atoms with Gasteiger partial charge in [-0.25, -0.2) is 4.98 Å². The number of rotatable bonds is 5. The third kappa shape index (κ3) is 4.66. The summed E-state index contributed by atoms with van der Waals surface area (Å²) in [5.41, 5.74) is 2.92. The van der Waals surface area contributed by atoms with Crippen LogP contribution in [0.15, 0.2) is 48.9 Å². The Morgan fingerprint density at radius 1 is 1.21 bits per heavy atom. The van der Waals surface area contributed by atoms with Gasteiger partial charge in [-0.3, -0.25) is 14.5 Å². The number of nitrogens with zero attached hydrogens (tertiary/aromatic N) is 5. The fourth-order valence-corrected chi connectivity index (χ4v) is 3.07. The Labute approximate surface area is 170 Å². The summed E-state index contributed by atoms with van der Waals surface area (Å²) < 4.78 is 1.70. The van der Waals surface area contributed by atoms with Crippen LogP contribution < -0.4 is 5.32 Å². The minimum atomic E-state index is -0.378. The standard InChI is InChI=1S/C22H24N6O/c1-5-19(21(29)26-22(2,3)4)28-12-9-17(27-28)15-7-6-8-16(13-15)20-18(14-23)24-10-11-25-20/h6-13,19H,5H2,1-4H3,(H,26,29). The number of aromatic nitrogens is 4.